The summed E-state index contributed by atoms with van der Waals surface area (Å²) in [5.41, 5.74) is 2.86. The highest BCUT2D eigenvalue weighted by Gasteiger charge is 2.06. The van der Waals surface area contributed by atoms with Crippen LogP contribution in [0.1, 0.15) is 5.56 Å². The normalized spacial score (nSPS) is 9.06. The van der Waals surface area contributed by atoms with E-state index >= 15 is 0 Å². The Kier molecular flexibility index (Phi) is 5.24. The van der Waals surface area contributed by atoms with Crippen LogP contribution in [0.4, 0.5) is 0 Å². The largest absolute Gasteiger partial charge is 0.364 e. The minimum atomic E-state index is 0.750. The molecule has 2 aromatic rings. The van der Waals surface area contributed by atoms with E-state index in [-0.39, 0.29) is 0 Å². The molecule has 0 unspecified atom stereocenters. The molecule has 0 aliphatic rings. The third kappa shape index (κ3) is 3.61. The number of nitrogens with zero attached hydrogens (tertiary/aromatic N) is 1. The Morgan fingerprint density at radius 3 is 2.47 bits per heavy atom. The van der Waals surface area contributed by atoms with Crippen molar-refractivity contribution in [2.24, 2.45) is 0 Å². The maximum Gasteiger partial charge on any atom is 0.124 e. The van der Waals surface area contributed by atoms with Crippen molar-refractivity contribution in [1.82, 2.24) is 5.16 Å². The number of allylic oxidation sites excluding steroid dienone is 2. The molecule has 0 atom stereocenters. The summed E-state index contributed by atoms with van der Waals surface area (Å²) in [5.74, 6) is 0. The van der Waals surface area contributed by atoms with Crippen LogP contribution in [-0.2, 0) is 0 Å². The third-order valence-electron chi connectivity index (χ3n) is 2.15. The zero-order valence-corrected chi connectivity index (χ0v) is 10.4. The van der Waals surface area contributed by atoms with Crippen molar-refractivity contribution in [2.75, 3.05) is 0 Å². The predicted octanol–water partition coefficient (Wildman–Crippen LogP) is 4.66. The van der Waals surface area contributed by atoms with E-state index in [4.69, 9.17) is 16.1 Å². The van der Waals surface area contributed by atoms with Gasteiger partial charge in [-0.15, -0.1) is 0 Å². The first-order valence-electron chi connectivity index (χ1n) is 5.10. The molecule has 2 nitrogen and oxygen atoms in total. The molecule has 88 valence electrons. The summed E-state index contributed by atoms with van der Waals surface area (Å²) in [6, 6.07) is 7.55. The second kappa shape index (κ2) is 6.71. The fourth-order valence-corrected chi connectivity index (χ4v) is 1.41. The molecule has 1 aromatic heterocycles. The molecule has 1 heterocycles. The molecule has 0 radical (unpaired) electrons. The van der Waals surface area contributed by atoms with Gasteiger partial charge in [-0.25, -0.2) is 0 Å². The first kappa shape index (κ1) is 13.3. The summed E-state index contributed by atoms with van der Waals surface area (Å²) in [6.07, 6.45) is 4.83. The first-order valence-corrected chi connectivity index (χ1v) is 5.47. The number of aromatic nitrogens is 1. The minimum absolute atomic E-state index is 0.750. The number of rotatable bonds is 2. The van der Waals surface area contributed by atoms with E-state index in [1.807, 2.05) is 31.2 Å². The Labute approximate surface area is 106 Å². The lowest BCUT2D eigenvalue weighted by Gasteiger charge is -2.02. The van der Waals surface area contributed by atoms with Crippen LogP contribution in [0.3, 0.4) is 0 Å². The van der Waals surface area contributed by atoms with E-state index < -0.39 is 0 Å². The van der Waals surface area contributed by atoms with Gasteiger partial charge in [0.15, 0.2) is 0 Å². The van der Waals surface area contributed by atoms with E-state index in [9.17, 15) is 0 Å². The van der Waals surface area contributed by atoms with Gasteiger partial charge in [0.1, 0.15) is 12.0 Å². The van der Waals surface area contributed by atoms with E-state index in [2.05, 4.69) is 18.3 Å². The second-order valence-corrected chi connectivity index (χ2v) is 3.68. The van der Waals surface area contributed by atoms with Crippen LogP contribution in [0.5, 0.6) is 0 Å². The molecular formula is C14H14ClNO. The van der Waals surface area contributed by atoms with Crippen LogP contribution in [0.25, 0.3) is 11.3 Å². The second-order valence-electron chi connectivity index (χ2n) is 3.27. The zero-order chi connectivity index (χ0) is 12.7. The van der Waals surface area contributed by atoms with E-state index in [0.717, 1.165) is 21.8 Å². The van der Waals surface area contributed by atoms with Gasteiger partial charge >= 0.3 is 0 Å². The summed E-state index contributed by atoms with van der Waals surface area (Å²) < 4.78 is 4.77. The van der Waals surface area contributed by atoms with Crippen LogP contribution >= 0.6 is 11.6 Å². The van der Waals surface area contributed by atoms with Crippen LogP contribution in [0.15, 0.2) is 60.4 Å². The van der Waals surface area contributed by atoms with Crippen molar-refractivity contribution in [3.8, 4) is 11.3 Å². The average molecular weight is 248 g/mol. The molecule has 0 N–H and O–H groups in total. The molecule has 0 spiro atoms. The van der Waals surface area contributed by atoms with Gasteiger partial charge < -0.3 is 4.52 Å². The Balaban J connectivity index is 0.000000317. The minimum Gasteiger partial charge on any atom is -0.364 e. The van der Waals surface area contributed by atoms with Gasteiger partial charge in [0.2, 0.25) is 0 Å². The fraction of sp³-hybridized carbons (Fsp3) is 0.0714. The molecule has 0 aliphatic carbocycles. The number of benzene rings is 1. The third-order valence-corrected chi connectivity index (χ3v) is 2.56. The quantitative estimate of drug-likeness (QED) is 0.722. The number of hydrogen-bond donors (Lipinski definition) is 0. The van der Waals surface area contributed by atoms with Crippen molar-refractivity contribution in [3.05, 3.63) is 66.4 Å². The van der Waals surface area contributed by atoms with Gasteiger partial charge in [0.05, 0.1) is 0 Å². The lowest BCUT2D eigenvalue weighted by atomic mass is 10.1. The summed E-state index contributed by atoms with van der Waals surface area (Å²) in [5, 5.41) is 4.61. The maximum atomic E-state index is 5.97. The molecule has 3 heteroatoms. The Bertz CT molecular complexity index is 483. The Hall–Kier alpha value is -1.80. The molecule has 0 amide bonds. The summed E-state index contributed by atoms with van der Waals surface area (Å²) >= 11 is 5.97. The fourth-order valence-electron chi connectivity index (χ4n) is 1.24. The molecule has 0 saturated carbocycles. The molecule has 1 aromatic carbocycles. The highest BCUT2D eigenvalue weighted by Crippen LogP contribution is 2.26. The van der Waals surface area contributed by atoms with Crippen LogP contribution in [0, 0.1) is 6.92 Å². The van der Waals surface area contributed by atoms with E-state index in [1.54, 1.807) is 18.4 Å². The monoisotopic (exact) mass is 247 g/mol. The van der Waals surface area contributed by atoms with Gasteiger partial charge in [-0.3, -0.25) is 0 Å². The lowest BCUT2D eigenvalue weighted by molar-refractivity contribution is 0.422. The Morgan fingerprint density at radius 2 is 1.94 bits per heavy atom. The number of hydrogen-bond acceptors (Lipinski definition) is 2. The maximum absolute atomic E-state index is 5.97. The standard InChI is InChI=1S/C10H8ClNO.C4H6/c1-7-8(3-2-4-9(7)11)10-5-6-13-12-10;1-3-4-2/h2-6H,1H3;3-4H,1-2H2. The smallest absolute Gasteiger partial charge is 0.124 e. The van der Waals surface area contributed by atoms with Crippen LogP contribution in [-0.4, -0.2) is 5.16 Å². The topological polar surface area (TPSA) is 26.0 Å². The van der Waals surface area contributed by atoms with Gasteiger partial charge in [0.25, 0.3) is 0 Å². The van der Waals surface area contributed by atoms with Crippen molar-refractivity contribution in [1.29, 1.82) is 0 Å². The Morgan fingerprint density at radius 1 is 1.24 bits per heavy atom. The SMILES string of the molecule is C=CC=C.Cc1c(Cl)cccc1-c1ccon1. The zero-order valence-electron chi connectivity index (χ0n) is 9.69. The van der Waals surface area contributed by atoms with Gasteiger partial charge in [-0.05, 0) is 18.6 Å². The van der Waals surface area contributed by atoms with Crippen molar-refractivity contribution >= 4 is 11.6 Å². The molecular weight excluding hydrogens is 234 g/mol. The molecule has 0 bridgehead atoms. The highest BCUT2D eigenvalue weighted by atomic mass is 35.5. The van der Waals surface area contributed by atoms with E-state index in [1.165, 1.54) is 0 Å². The molecule has 2 rings (SSSR count). The van der Waals surface area contributed by atoms with Crippen molar-refractivity contribution in [2.45, 2.75) is 6.92 Å². The molecule has 17 heavy (non-hydrogen) atoms. The summed E-state index contributed by atoms with van der Waals surface area (Å²) in [4.78, 5) is 0. The van der Waals surface area contributed by atoms with E-state index in [0.29, 0.717) is 0 Å². The van der Waals surface area contributed by atoms with Gasteiger partial charge in [-0.1, -0.05) is 54.2 Å². The summed E-state index contributed by atoms with van der Waals surface area (Å²) in [6.45, 7) is 8.69. The average Bonchev–Trinajstić information content (AvgIpc) is 2.86. The van der Waals surface area contributed by atoms with Crippen molar-refractivity contribution in [3.63, 3.8) is 0 Å². The lowest BCUT2D eigenvalue weighted by Crippen LogP contribution is -1.83. The first-order chi connectivity index (χ1) is 8.20. The van der Waals surface area contributed by atoms with Crippen LogP contribution < -0.4 is 0 Å². The van der Waals surface area contributed by atoms with Crippen LogP contribution in [0.2, 0.25) is 5.02 Å². The van der Waals surface area contributed by atoms with Crippen molar-refractivity contribution < 1.29 is 4.52 Å². The molecule has 0 fully saturated rings. The van der Waals surface area contributed by atoms with Gasteiger partial charge in [0, 0.05) is 16.7 Å². The molecule has 0 saturated heterocycles. The van der Waals surface area contributed by atoms with Gasteiger partial charge in [-0.2, -0.15) is 0 Å². The molecule has 0 aliphatic heterocycles. The summed E-state index contributed by atoms with van der Waals surface area (Å²) in [7, 11) is 0. The highest BCUT2D eigenvalue weighted by molar-refractivity contribution is 6.31. The number of halogens is 1. The predicted molar refractivity (Wildman–Crippen MR) is 72.1 cm³/mol.